The summed E-state index contributed by atoms with van der Waals surface area (Å²) in [5.74, 6) is -2.95. The van der Waals surface area contributed by atoms with Gasteiger partial charge in [-0.2, -0.15) is 9.65 Å². The predicted octanol–water partition coefficient (Wildman–Crippen LogP) is 2.36. The lowest BCUT2D eigenvalue weighted by Crippen LogP contribution is -2.02. The van der Waals surface area contributed by atoms with Crippen molar-refractivity contribution in [3.63, 3.8) is 0 Å². The Labute approximate surface area is 76.8 Å². The van der Waals surface area contributed by atoms with Gasteiger partial charge in [-0.3, -0.25) is 0 Å². The lowest BCUT2D eigenvalue weighted by molar-refractivity contribution is 0.144. The van der Waals surface area contributed by atoms with Gasteiger partial charge in [-0.05, 0) is 6.07 Å². The van der Waals surface area contributed by atoms with E-state index in [1.54, 1.807) is 0 Å². The topological polar surface area (TPSA) is 36.7 Å². The third kappa shape index (κ3) is 1.99. The number of halogens is 4. The van der Waals surface area contributed by atoms with Crippen molar-refractivity contribution in [1.29, 1.82) is 5.26 Å². The maximum atomic E-state index is 12.8. The van der Waals surface area contributed by atoms with Crippen LogP contribution in [0, 0.1) is 23.1 Å². The van der Waals surface area contributed by atoms with Gasteiger partial charge in [0.25, 0.3) is 6.43 Å². The molecule has 0 spiro atoms. The fourth-order valence-electron chi connectivity index (χ4n) is 0.895. The molecule has 0 aliphatic rings. The zero-order valence-electron chi connectivity index (χ0n) is 6.77. The Kier molecular flexibility index (Phi) is 3.02. The number of nitriles is 1. The maximum Gasteiger partial charge on any atom is 0.280 e. The Morgan fingerprint density at radius 2 is 2.07 bits per heavy atom. The van der Waals surface area contributed by atoms with E-state index in [2.05, 4.69) is 4.98 Å². The molecule has 14 heavy (non-hydrogen) atoms. The van der Waals surface area contributed by atoms with Gasteiger partial charge in [0.1, 0.15) is 5.69 Å². The van der Waals surface area contributed by atoms with Gasteiger partial charge in [-0.25, -0.2) is 18.2 Å². The lowest BCUT2D eigenvalue weighted by atomic mass is 10.1. The molecule has 1 aromatic rings. The Balaban J connectivity index is 3.22. The minimum absolute atomic E-state index is 0.407. The summed E-state index contributed by atoms with van der Waals surface area (Å²) in [6.45, 7) is 0. The van der Waals surface area contributed by atoms with Crippen LogP contribution in [0.3, 0.4) is 0 Å². The van der Waals surface area contributed by atoms with E-state index in [-0.39, 0.29) is 0 Å². The molecule has 0 aromatic carbocycles. The second-order valence-corrected chi connectivity index (χ2v) is 2.45. The van der Waals surface area contributed by atoms with Gasteiger partial charge in [0.15, 0.2) is 5.82 Å². The summed E-state index contributed by atoms with van der Waals surface area (Å²) < 4.78 is 49.5. The smallest absolute Gasteiger partial charge is 0.216 e. The van der Waals surface area contributed by atoms with Gasteiger partial charge < -0.3 is 0 Å². The summed E-state index contributed by atoms with van der Waals surface area (Å²) in [5.41, 5.74) is -1.27. The fourth-order valence-corrected chi connectivity index (χ4v) is 0.895. The quantitative estimate of drug-likeness (QED) is 0.547. The van der Waals surface area contributed by atoms with E-state index < -0.39 is 35.9 Å². The molecular weight excluding hydrogens is 200 g/mol. The molecule has 1 aromatic heterocycles. The van der Waals surface area contributed by atoms with Crippen LogP contribution in [-0.2, 0) is 6.42 Å². The highest BCUT2D eigenvalue weighted by Crippen LogP contribution is 2.20. The summed E-state index contributed by atoms with van der Waals surface area (Å²) >= 11 is 0. The molecule has 0 aliphatic heterocycles. The second kappa shape index (κ2) is 4.05. The molecule has 0 bridgehead atoms. The average molecular weight is 204 g/mol. The van der Waals surface area contributed by atoms with Crippen molar-refractivity contribution in [3.05, 3.63) is 29.1 Å². The van der Waals surface area contributed by atoms with Crippen LogP contribution >= 0.6 is 0 Å². The highest BCUT2D eigenvalue weighted by Gasteiger charge is 2.17. The lowest BCUT2D eigenvalue weighted by Gasteiger charge is -2.03. The van der Waals surface area contributed by atoms with Crippen LogP contribution in [0.2, 0.25) is 0 Å². The van der Waals surface area contributed by atoms with Crippen molar-refractivity contribution < 1.29 is 17.6 Å². The van der Waals surface area contributed by atoms with Crippen molar-refractivity contribution in [3.8, 4) is 6.07 Å². The standard InChI is InChI=1S/C8H4F4N2/c9-6-4(1-2-13)3-5(7(10)11)14-8(6)12/h3,7H,1H2. The second-order valence-electron chi connectivity index (χ2n) is 2.45. The zero-order chi connectivity index (χ0) is 10.7. The first-order chi connectivity index (χ1) is 6.56. The predicted molar refractivity (Wildman–Crippen MR) is 38.4 cm³/mol. The molecule has 1 rings (SSSR count). The summed E-state index contributed by atoms with van der Waals surface area (Å²) in [7, 11) is 0. The van der Waals surface area contributed by atoms with E-state index in [0.29, 0.717) is 6.07 Å². The molecular formula is C8H4F4N2. The van der Waals surface area contributed by atoms with Gasteiger partial charge in [0, 0.05) is 5.56 Å². The average Bonchev–Trinajstić information content (AvgIpc) is 2.12. The van der Waals surface area contributed by atoms with Gasteiger partial charge in [0.2, 0.25) is 5.95 Å². The first-order valence-corrected chi connectivity index (χ1v) is 3.56. The molecule has 2 nitrogen and oxygen atoms in total. The van der Waals surface area contributed by atoms with Crippen molar-refractivity contribution in [2.75, 3.05) is 0 Å². The Morgan fingerprint density at radius 1 is 1.43 bits per heavy atom. The molecule has 0 saturated carbocycles. The van der Waals surface area contributed by atoms with E-state index in [1.807, 2.05) is 0 Å². The van der Waals surface area contributed by atoms with E-state index in [0.717, 1.165) is 0 Å². The monoisotopic (exact) mass is 204 g/mol. The van der Waals surface area contributed by atoms with E-state index in [4.69, 9.17) is 5.26 Å². The van der Waals surface area contributed by atoms with Crippen molar-refractivity contribution in [1.82, 2.24) is 4.98 Å². The van der Waals surface area contributed by atoms with Crippen LogP contribution in [0.15, 0.2) is 6.07 Å². The van der Waals surface area contributed by atoms with Gasteiger partial charge in [-0.1, -0.05) is 0 Å². The Hall–Kier alpha value is -1.64. The largest absolute Gasteiger partial charge is 0.280 e. The van der Waals surface area contributed by atoms with Crippen molar-refractivity contribution in [2.45, 2.75) is 12.8 Å². The van der Waals surface area contributed by atoms with E-state index in [9.17, 15) is 17.6 Å². The number of aromatic nitrogens is 1. The third-order valence-electron chi connectivity index (χ3n) is 1.51. The summed E-state index contributed by atoms with van der Waals surface area (Å²) in [6, 6.07) is 2.23. The highest BCUT2D eigenvalue weighted by molar-refractivity contribution is 5.22. The number of nitrogens with zero attached hydrogens (tertiary/aromatic N) is 2. The van der Waals surface area contributed by atoms with Crippen LogP contribution in [-0.4, -0.2) is 4.98 Å². The van der Waals surface area contributed by atoms with Crippen LogP contribution < -0.4 is 0 Å². The van der Waals surface area contributed by atoms with Crippen molar-refractivity contribution in [2.24, 2.45) is 0 Å². The molecule has 6 heteroatoms. The summed E-state index contributed by atoms with van der Waals surface area (Å²) in [6.07, 6.45) is -3.45. The molecule has 0 saturated heterocycles. The van der Waals surface area contributed by atoms with Crippen molar-refractivity contribution >= 4 is 0 Å². The first kappa shape index (κ1) is 10.4. The zero-order valence-corrected chi connectivity index (χ0v) is 6.77. The Bertz CT molecular complexity index is 384. The van der Waals surface area contributed by atoms with Gasteiger partial charge >= 0.3 is 0 Å². The molecule has 0 fully saturated rings. The third-order valence-corrected chi connectivity index (χ3v) is 1.51. The van der Waals surface area contributed by atoms with Crippen LogP contribution in [0.1, 0.15) is 17.7 Å². The minimum Gasteiger partial charge on any atom is -0.216 e. The molecule has 1 heterocycles. The summed E-state index contributed by atoms with van der Waals surface area (Å²) in [5, 5.41) is 8.22. The fraction of sp³-hybridized carbons (Fsp3) is 0.250. The number of pyridine rings is 1. The van der Waals surface area contributed by atoms with E-state index >= 15 is 0 Å². The molecule has 0 unspecified atom stereocenters. The Morgan fingerprint density at radius 3 is 2.57 bits per heavy atom. The minimum atomic E-state index is -2.98. The van der Waals surface area contributed by atoms with Crippen LogP contribution in [0.4, 0.5) is 17.6 Å². The molecule has 0 N–H and O–H groups in total. The molecule has 0 atom stereocenters. The molecule has 0 aliphatic carbocycles. The van der Waals surface area contributed by atoms with Gasteiger partial charge in [0.05, 0.1) is 12.5 Å². The molecule has 0 amide bonds. The van der Waals surface area contributed by atoms with Crippen LogP contribution in [0.5, 0.6) is 0 Å². The number of alkyl halides is 2. The number of hydrogen-bond acceptors (Lipinski definition) is 2. The highest BCUT2D eigenvalue weighted by atomic mass is 19.3. The normalized spacial score (nSPS) is 10.3. The molecule has 0 radical (unpaired) electrons. The number of rotatable bonds is 2. The molecule has 74 valence electrons. The first-order valence-electron chi connectivity index (χ1n) is 3.56. The summed E-state index contributed by atoms with van der Waals surface area (Å²) in [4.78, 5) is 2.71. The SMILES string of the molecule is N#CCc1cc(C(F)F)nc(F)c1F. The maximum absolute atomic E-state index is 12.8. The van der Waals surface area contributed by atoms with E-state index in [1.165, 1.54) is 6.07 Å². The van der Waals surface area contributed by atoms with Gasteiger partial charge in [-0.15, -0.1) is 0 Å². The van der Waals surface area contributed by atoms with Crippen LogP contribution in [0.25, 0.3) is 0 Å². The number of hydrogen-bond donors (Lipinski definition) is 0.